The van der Waals surface area contributed by atoms with Gasteiger partial charge in [0.1, 0.15) is 11.4 Å². The summed E-state index contributed by atoms with van der Waals surface area (Å²) in [7, 11) is -2.27. The number of hydrogen-bond donors (Lipinski definition) is 2. The molecule has 1 aliphatic heterocycles. The zero-order valence-electron chi connectivity index (χ0n) is 14.9. The summed E-state index contributed by atoms with van der Waals surface area (Å²) < 4.78 is 32.1. The molecule has 1 amide bonds. The molecule has 0 bridgehead atoms. The van der Waals surface area contributed by atoms with E-state index < -0.39 is 15.6 Å². The van der Waals surface area contributed by atoms with E-state index in [-0.39, 0.29) is 16.8 Å². The average molecular weight is 374 g/mol. The van der Waals surface area contributed by atoms with Gasteiger partial charge in [-0.15, -0.1) is 0 Å². The van der Waals surface area contributed by atoms with E-state index >= 15 is 0 Å². The fraction of sp³-hybridized carbons (Fsp3) is 0.316. The van der Waals surface area contributed by atoms with Crippen LogP contribution in [0.25, 0.3) is 0 Å². The largest absolute Gasteiger partial charge is 0.487 e. The summed E-state index contributed by atoms with van der Waals surface area (Å²) in [6, 6.07) is 13.4. The predicted molar refractivity (Wildman–Crippen MR) is 98.7 cm³/mol. The third-order valence-corrected chi connectivity index (χ3v) is 5.77. The summed E-state index contributed by atoms with van der Waals surface area (Å²) in [5, 5.41) is 3.01. The van der Waals surface area contributed by atoms with Crippen molar-refractivity contribution in [2.24, 2.45) is 0 Å². The van der Waals surface area contributed by atoms with Crippen LogP contribution < -0.4 is 14.8 Å². The third kappa shape index (κ3) is 3.73. The number of para-hydroxylation sites is 1. The standard InChI is InChI=1S/C19H22N2O4S/c1-19(2)12-16(15-9-4-5-10-17(15)25-19)21-18(22)13-7-6-8-14(11-13)26(23,24)20-3/h4-11,16,20H,12H2,1-3H3,(H,21,22)/t16-/m0/s1. The number of rotatable bonds is 4. The van der Waals surface area contributed by atoms with Gasteiger partial charge >= 0.3 is 0 Å². The predicted octanol–water partition coefficient (Wildman–Crippen LogP) is 2.63. The maximum atomic E-state index is 12.7. The fourth-order valence-electron chi connectivity index (χ4n) is 3.09. The molecule has 1 atom stereocenters. The molecule has 7 heteroatoms. The van der Waals surface area contributed by atoms with Crippen LogP contribution in [0.1, 0.15) is 42.2 Å². The molecule has 0 aliphatic carbocycles. The van der Waals surface area contributed by atoms with Crippen molar-refractivity contribution < 1.29 is 17.9 Å². The van der Waals surface area contributed by atoms with Crippen LogP contribution in [-0.4, -0.2) is 27.0 Å². The maximum Gasteiger partial charge on any atom is 0.251 e. The van der Waals surface area contributed by atoms with Gasteiger partial charge in [-0.1, -0.05) is 24.3 Å². The van der Waals surface area contributed by atoms with E-state index in [0.717, 1.165) is 11.3 Å². The Morgan fingerprint density at radius 2 is 1.88 bits per heavy atom. The minimum Gasteiger partial charge on any atom is -0.487 e. The van der Waals surface area contributed by atoms with Gasteiger partial charge in [0.05, 0.1) is 10.9 Å². The molecule has 0 unspecified atom stereocenters. The lowest BCUT2D eigenvalue weighted by atomic mass is 9.89. The molecule has 6 nitrogen and oxygen atoms in total. The zero-order valence-corrected chi connectivity index (χ0v) is 15.8. The van der Waals surface area contributed by atoms with Gasteiger partial charge in [0.2, 0.25) is 10.0 Å². The molecular weight excluding hydrogens is 352 g/mol. The lowest BCUT2D eigenvalue weighted by molar-refractivity contribution is 0.0619. The van der Waals surface area contributed by atoms with E-state index in [0.29, 0.717) is 12.0 Å². The van der Waals surface area contributed by atoms with Crippen molar-refractivity contribution in [1.29, 1.82) is 0 Å². The lowest BCUT2D eigenvalue weighted by Gasteiger charge is -2.37. The van der Waals surface area contributed by atoms with Crippen molar-refractivity contribution in [3.8, 4) is 5.75 Å². The van der Waals surface area contributed by atoms with Crippen molar-refractivity contribution in [2.45, 2.75) is 36.8 Å². The first-order chi connectivity index (χ1) is 12.2. The monoisotopic (exact) mass is 374 g/mol. The van der Waals surface area contributed by atoms with Crippen LogP contribution >= 0.6 is 0 Å². The molecule has 3 rings (SSSR count). The molecule has 0 fully saturated rings. The zero-order chi connectivity index (χ0) is 18.9. The van der Waals surface area contributed by atoms with E-state index in [1.54, 1.807) is 12.1 Å². The van der Waals surface area contributed by atoms with Crippen molar-refractivity contribution in [1.82, 2.24) is 10.0 Å². The van der Waals surface area contributed by atoms with Crippen LogP contribution in [-0.2, 0) is 10.0 Å². The molecule has 2 aromatic carbocycles. The highest BCUT2D eigenvalue weighted by Crippen LogP contribution is 2.39. The quantitative estimate of drug-likeness (QED) is 0.862. The van der Waals surface area contributed by atoms with Gasteiger partial charge in [-0.25, -0.2) is 13.1 Å². The number of carbonyl (C=O) groups is 1. The number of amides is 1. The van der Waals surface area contributed by atoms with E-state index in [2.05, 4.69) is 10.0 Å². The molecule has 0 radical (unpaired) electrons. The van der Waals surface area contributed by atoms with Gasteiger partial charge in [0.15, 0.2) is 0 Å². The number of nitrogens with one attached hydrogen (secondary N) is 2. The number of hydrogen-bond acceptors (Lipinski definition) is 4. The summed E-state index contributed by atoms with van der Waals surface area (Å²) in [5.74, 6) is 0.427. The third-order valence-electron chi connectivity index (χ3n) is 4.36. The van der Waals surface area contributed by atoms with Gasteiger partial charge in [0, 0.05) is 17.5 Å². The molecule has 138 valence electrons. The number of benzene rings is 2. The van der Waals surface area contributed by atoms with Gasteiger partial charge in [0.25, 0.3) is 5.91 Å². The number of sulfonamides is 1. The normalized spacial score (nSPS) is 18.5. The minimum atomic E-state index is -3.60. The Labute approximate surface area is 153 Å². The van der Waals surface area contributed by atoms with Crippen LogP contribution in [0.4, 0.5) is 0 Å². The van der Waals surface area contributed by atoms with Crippen LogP contribution in [0.2, 0.25) is 0 Å². The summed E-state index contributed by atoms with van der Waals surface area (Å²) in [6.45, 7) is 3.95. The van der Waals surface area contributed by atoms with Crippen LogP contribution in [0, 0.1) is 0 Å². The van der Waals surface area contributed by atoms with Crippen LogP contribution in [0.5, 0.6) is 5.75 Å². The summed E-state index contributed by atoms with van der Waals surface area (Å²) in [4.78, 5) is 12.8. The molecule has 0 aromatic heterocycles. The Morgan fingerprint density at radius 1 is 1.15 bits per heavy atom. The van der Waals surface area contributed by atoms with Crippen LogP contribution in [0.15, 0.2) is 53.4 Å². The van der Waals surface area contributed by atoms with Crippen molar-refractivity contribution in [3.05, 3.63) is 59.7 Å². The van der Waals surface area contributed by atoms with Crippen molar-refractivity contribution >= 4 is 15.9 Å². The number of ether oxygens (including phenoxy) is 1. The molecule has 26 heavy (non-hydrogen) atoms. The molecule has 2 N–H and O–H groups in total. The molecule has 1 aliphatic rings. The summed E-state index contributed by atoms with van der Waals surface area (Å²) in [6.07, 6.45) is 0.615. The Bertz CT molecular complexity index is 938. The smallest absolute Gasteiger partial charge is 0.251 e. The highest BCUT2D eigenvalue weighted by atomic mass is 32.2. The average Bonchev–Trinajstić information content (AvgIpc) is 2.61. The van der Waals surface area contributed by atoms with Gasteiger partial charge in [-0.3, -0.25) is 4.79 Å². The second-order valence-electron chi connectivity index (χ2n) is 6.87. The van der Waals surface area contributed by atoms with Gasteiger partial charge in [-0.2, -0.15) is 0 Å². The fourth-order valence-corrected chi connectivity index (χ4v) is 3.87. The minimum absolute atomic E-state index is 0.0559. The second-order valence-corrected chi connectivity index (χ2v) is 8.75. The molecule has 2 aromatic rings. The summed E-state index contributed by atoms with van der Waals surface area (Å²) >= 11 is 0. The molecule has 0 spiro atoms. The SMILES string of the molecule is CNS(=O)(=O)c1cccc(C(=O)N[C@H]2CC(C)(C)Oc3ccccc32)c1. The molecule has 0 saturated heterocycles. The first kappa shape index (κ1) is 18.4. The van der Waals surface area contributed by atoms with Crippen molar-refractivity contribution in [3.63, 3.8) is 0 Å². The highest BCUT2D eigenvalue weighted by molar-refractivity contribution is 7.89. The van der Waals surface area contributed by atoms with Gasteiger partial charge in [-0.05, 0) is 45.2 Å². The number of fused-ring (bicyclic) bond motifs is 1. The topological polar surface area (TPSA) is 84.5 Å². The maximum absolute atomic E-state index is 12.7. The van der Waals surface area contributed by atoms with E-state index in [1.165, 1.54) is 19.2 Å². The lowest BCUT2D eigenvalue weighted by Crippen LogP contribution is -2.41. The Morgan fingerprint density at radius 3 is 2.62 bits per heavy atom. The highest BCUT2D eigenvalue weighted by Gasteiger charge is 2.34. The van der Waals surface area contributed by atoms with E-state index in [9.17, 15) is 13.2 Å². The Balaban J connectivity index is 1.88. The summed E-state index contributed by atoms with van der Waals surface area (Å²) in [5.41, 5.74) is 0.797. The second kappa shape index (κ2) is 6.74. The van der Waals surface area contributed by atoms with Crippen LogP contribution in [0.3, 0.4) is 0 Å². The van der Waals surface area contributed by atoms with Gasteiger partial charge < -0.3 is 10.1 Å². The van der Waals surface area contributed by atoms with Crippen molar-refractivity contribution in [2.75, 3.05) is 7.05 Å². The molecule has 0 saturated carbocycles. The number of carbonyl (C=O) groups excluding carboxylic acids is 1. The van der Waals surface area contributed by atoms with E-state index in [1.807, 2.05) is 38.1 Å². The molecule has 1 heterocycles. The Hall–Kier alpha value is -2.38. The van der Waals surface area contributed by atoms with E-state index in [4.69, 9.17) is 4.74 Å². The first-order valence-corrected chi connectivity index (χ1v) is 9.82. The first-order valence-electron chi connectivity index (χ1n) is 8.34. The molecular formula is C19H22N2O4S. The Kier molecular flexibility index (Phi) is 4.77.